The molecule has 3 rings (SSSR count). The fourth-order valence-corrected chi connectivity index (χ4v) is 3.68. The van der Waals surface area contributed by atoms with Crippen molar-refractivity contribution in [3.8, 4) is 0 Å². The molecule has 0 fully saturated rings. The number of hydrogen-bond donors (Lipinski definition) is 1. The van der Waals surface area contributed by atoms with E-state index < -0.39 is 0 Å². The molecule has 0 bridgehead atoms. The maximum absolute atomic E-state index is 5.95. The molecule has 0 aliphatic rings. The standard InChI is InChI=1S/C13H13ClN4S2/c1-8(15)6-10-12(17-13-18(10)4-5-19-13)20-11-3-2-9(14)7-16-11/h2-5,7-8H,6,15H2,1H3. The fourth-order valence-electron chi connectivity index (χ4n) is 1.91. The largest absolute Gasteiger partial charge is 0.328 e. The first-order chi connectivity index (χ1) is 9.63. The zero-order valence-electron chi connectivity index (χ0n) is 10.8. The van der Waals surface area contributed by atoms with Gasteiger partial charge in [-0.05, 0) is 30.8 Å². The minimum Gasteiger partial charge on any atom is -0.328 e. The summed E-state index contributed by atoms with van der Waals surface area (Å²) in [5, 5.41) is 4.51. The Balaban J connectivity index is 1.97. The van der Waals surface area contributed by atoms with Crippen LogP contribution in [-0.4, -0.2) is 20.4 Å². The van der Waals surface area contributed by atoms with Gasteiger partial charge in [-0.2, -0.15) is 0 Å². The first kappa shape index (κ1) is 13.9. The Bertz CT molecular complexity index is 718. The summed E-state index contributed by atoms with van der Waals surface area (Å²) < 4.78 is 2.10. The molecule has 20 heavy (non-hydrogen) atoms. The lowest BCUT2D eigenvalue weighted by Crippen LogP contribution is -2.19. The second-order valence-electron chi connectivity index (χ2n) is 4.52. The fraction of sp³-hybridized carbons (Fsp3) is 0.231. The van der Waals surface area contributed by atoms with Crippen LogP contribution in [0.1, 0.15) is 12.6 Å². The van der Waals surface area contributed by atoms with E-state index in [0.717, 1.165) is 27.1 Å². The van der Waals surface area contributed by atoms with E-state index in [4.69, 9.17) is 17.3 Å². The third-order valence-corrected chi connectivity index (χ3v) is 4.69. The van der Waals surface area contributed by atoms with Gasteiger partial charge in [0.1, 0.15) is 10.1 Å². The number of rotatable bonds is 4. The molecule has 0 amide bonds. The Labute approximate surface area is 130 Å². The molecule has 3 aromatic rings. The maximum atomic E-state index is 5.95. The molecule has 0 aliphatic carbocycles. The Hall–Kier alpha value is -1.08. The number of aromatic nitrogens is 3. The third kappa shape index (κ3) is 2.83. The van der Waals surface area contributed by atoms with Crippen LogP contribution in [-0.2, 0) is 6.42 Å². The van der Waals surface area contributed by atoms with Gasteiger partial charge in [-0.15, -0.1) is 11.3 Å². The minimum atomic E-state index is 0.0901. The molecule has 0 radical (unpaired) electrons. The van der Waals surface area contributed by atoms with Crippen molar-refractivity contribution in [3.05, 3.63) is 40.6 Å². The van der Waals surface area contributed by atoms with Crippen LogP contribution in [0.25, 0.3) is 4.96 Å². The van der Waals surface area contributed by atoms with Gasteiger partial charge in [-0.25, -0.2) is 9.97 Å². The lowest BCUT2D eigenvalue weighted by Gasteiger charge is -2.06. The monoisotopic (exact) mass is 324 g/mol. The van der Waals surface area contributed by atoms with Crippen LogP contribution in [0.2, 0.25) is 5.02 Å². The van der Waals surface area contributed by atoms with Gasteiger partial charge in [0.2, 0.25) is 0 Å². The van der Waals surface area contributed by atoms with E-state index in [-0.39, 0.29) is 6.04 Å². The van der Waals surface area contributed by atoms with E-state index >= 15 is 0 Å². The van der Waals surface area contributed by atoms with Crippen molar-refractivity contribution in [2.75, 3.05) is 0 Å². The summed E-state index contributed by atoms with van der Waals surface area (Å²) in [4.78, 5) is 9.95. The molecule has 4 nitrogen and oxygen atoms in total. The molecule has 104 valence electrons. The number of nitrogens with two attached hydrogens (primary N) is 1. The van der Waals surface area contributed by atoms with E-state index in [0.29, 0.717) is 5.02 Å². The number of fused-ring (bicyclic) bond motifs is 1. The topological polar surface area (TPSA) is 56.2 Å². The molecule has 1 atom stereocenters. The minimum absolute atomic E-state index is 0.0901. The SMILES string of the molecule is CC(N)Cc1c(Sc2ccc(Cl)cn2)nc2sccn12. The predicted octanol–water partition coefficient (Wildman–Crippen LogP) is 3.49. The molecule has 1 unspecified atom stereocenters. The summed E-state index contributed by atoms with van der Waals surface area (Å²) in [6.45, 7) is 2.00. The summed E-state index contributed by atoms with van der Waals surface area (Å²) in [7, 11) is 0. The van der Waals surface area contributed by atoms with Crippen LogP contribution in [0.3, 0.4) is 0 Å². The van der Waals surface area contributed by atoms with Crippen LogP contribution in [0.4, 0.5) is 0 Å². The van der Waals surface area contributed by atoms with Crippen molar-refractivity contribution < 1.29 is 0 Å². The molecule has 0 aromatic carbocycles. The summed E-state index contributed by atoms with van der Waals surface area (Å²) in [5.41, 5.74) is 7.08. The highest BCUT2D eigenvalue weighted by atomic mass is 35.5. The molecule has 3 aromatic heterocycles. The average Bonchev–Trinajstić information content (AvgIpc) is 2.96. The number of imidazole rings is 1. The van der Waals surface area contributed by atoms with Crippen LogP contribution >= 0.6 is 34.7 Å². The highest BCUT2D eigenvalue weighted by Crippen LogP contribution is 2.31. The van der Waals surface area contributed by atoms with E-state index in [2.05, 4.69) is 14.4 Å². The van der Waals surface area contributed by atoms with Gasteiger partial charge in [-0.1, -0.05) is 11.6 Å². The number of hydrogen-bond acceptors (Lipinski definition) is 5. The van der Waals surface area contributed by atoms with Crippen molar-refractivity contribution in [2.24, 2.45) is 5.73 Å². The van der Waals surface area contributed by atoms with Gasteiger partial charge in [0.05, 0.1) is 10.7 Å². The molecular formula is C13H13ClN4S2. The Morgan fingerprint density at radius 3 is 3.05 bits per heavy atom. The Kier molecular flexibility index (Phi) is 3.98. The van der Waals surface area contributed by atoms with Crippen LogP contribution in [0.5, 0.6) is 0 Å². The van der Waals surface area contributed by atoms with Gasteiger partial charge in [0.15, 0.2) is 4.96 Å². The lowest BCUT2D eigenvalue weighted by atomic mass is 10.2. The van der Waals surface area contributed by atoms with Gasteiger partial charge in [0, 0.05) is 30.2 Å². The molecule has 2 N–H and O–H groups in total. The first-order valence-corrected chi connectivity index (χ1v) is 8.20. The van der Waals surface area contributed by atoms with Crippen LogP contribution in [0, 0.1) is 0 Å². The summed E-state index contributed by atoms with van der Waals surface area (Å²) >= 11 is 9.02. The zero-order valence-corrected chi connectivity index (χ0v) is 13.2. The molecule has 0 saturated carbocycles. The number of thiazole rings is 1. The highest BCUT2D eigenvalue weighted by Gasteiger charge is 2.16. The Morgan fingerprint density at radius 1 is 1.50 bits per heavy atom. The molecule has 7 heteroatoms. The van der Waals surface area contributed by atoms with Crippen molar-refractivity contribution in [3.63, 3.8) is 0 Å². The molecule has 0 aliphatic heterocycles. The number of halogens is 1. The van der Waals surface area contributed by atoms with Crippen LogP contribution in [0.15, 0.2) is 40.0 Å². The van der Waals surface area contributed by atoms with Crippen molar-refractivity contribution in [1.82, 2.24) is 14.4 Å². The maximum Gasteiger partial charge on any atom is 0.194 e. The van der Waals surface area contributed by atoms with E-state index in [1.54, 1.807) is 29.3 Å². The van der Waals surface area contributed by atoms with Crippen molar-refractivity contribution >= 4 is 39.7 Å². The van der Waals surface area contributed by atoms with E-state index in [9.17, 15) is 0 Å². The summed E-state index contributed by atoms with van der Waals surface area (Å²) in [6, 6.07) is 3.82. The lowest BCUT2D eigenvalue weighted by molar-refractivity contribution is 0.706. The normalized spacial score (nSPS) is 12.9. The average molecular weight is 325 g/mol. The molecular weight excluding hydrogens is 312 g/mol. The smallest absolute Gasteiger partial charge is 0.194 e. The van der Waals surface area contributed by atoms with E-state index in [1.165, 1.54) is 0 Å². The second-order valence-corrected chi connectivity index (χ2v) is 6.84. The van der Waals surface area contributed by atoms with Gasteiger partial charge in [-0.3, -0.25) is 4.40 Å². The third-order valence-electron chi connectivity index (χ3n) is 2.74. The van der Waals surface area contributed by atoms with Crippen molar-refractivity contribution in [2.45, 2.75) is 29.4 Å². The highest BCUT2D eigenvalue weighted by molar-refractivity contribution is 7.99. The van der Waals surface area contributed by atoms with Gasteiger partial charge < -0.3 is 5.73 Å². The Morgan fingerprint density at radius 2 is 2.35 bits per heavy atom. The molecule has 3 heterocycles. The summed E-state index contributed by atoms with van der Waals surface area (Å²) in [5.74, 6) is 0. The second kappa shape index (κ2) is 5.73. The van der Waals surface area contributed by atoms with Gasteiger partial charge in [0.25, 0.3) is 0 Å². The first-order valence-electron chi connectivity index (χ1n) is 6.13. The molecule has 0 saturated heterocycles. The zero-order chi connectivity index (χ0) is 14.1. The van der Waals surface area contributed by atoms with Gasteiger partial charge >= 0.3 is 0 Å². The number of nitrogens with zero attached hydrogens (tertiary/aromatic N) is 3. The molecule has 0 spiro atoms. The quantitative estimate of drug-likeness (QED) is 0.798. The van der Waals surface area contributed by atoms with Crippen molar-refractivity contribution in [1.29, 1.82) is 0 Å². The number of pyridine rings is 1. The van der Waals surface area contributed by atoms with E-state index in [1.807, 2.05) is 30.6 Å². The van der Waals surface area contributed by atoms with Crippen LogP contribution < -0.4 is 5.73 Å². The predicted molar refractivity (Wildman–Crippen MR) is 83.8 cm³/mol. The summed E-state index contributed by atoms with van der Waals surface area (Å²) in [6.07, 6.45) is 4.46.